The molecule has 4 fully saturated rings. The van der Waals surface area contributed by atoms with Crippen molar-refractivity contribution in [1.29, 1.82) is 0 Å². The SMILES string of the molecule is Cc1cc(Nc2ncc(Cl)c(Nc3ccccc3S(=O)(=O)C(C)C)n2)c(OC(C)C)cc1C1CCN(CCC(=O)N2CC3(C2)CN(c2cc4c(cc2F)C(=O)N(C2CCC(=O)NC2=O)C4=O)C3)CC1. The first-order chi connectivity index (χ1) is 32.8. The van der Waals surface area contributed by atoms with Crippen LogP contribution in [-0.4, -0.2) is 126 Å². The summed E-state index contributed by atoms with van der Waals surface area (Å²) in [6.07, 6.45) is 3.54. The summed E-state index contributed by atoms with van der Waals surface area (Å²) in [5.41, 5.74) is 3.23. The van der Waals surface area contributed by atoms with E-state index in [1.165, 1.54) is 17.8 Å². The fourth-order valence-corrected chi connectivity index (χ4v) is 11.4. The van der Waals surface area contributed by atoms with Crippen molar-refractivity contribution >= 4 is 79.8 Å². The van der Waals surface area contributed by atoms with Gasteiger partial charge in [0.25, 0.3) is 11.8 Å². The number of carbonyl (C=O) groups excluding carboxylic acids is 5. The summed E-state index contributed by atoms with van der Waals surface area (Å²) < 4.78 is 48.0. The number of anilines is 5. The number of likely N-dealkylation sites (tertiary alicyclic amines) is 2. The molecule has 3 N–H and O–H groups in total. The number of ether oxygens (including phenoxy) is 1. The van der Waals surface area contributed by atoms with Crippen LogP contribution in [0, 0.1) is 18.2 Å². The maximum Gasteiger partial charge on any atom is 0.262 e. The highest BCUT2D eigenvalue weighted by Gasteiger charge is 2.54. The molecule has 69 heavy (non-hydrogen) atoms. The topological polar surface area (TPSA) is 204 Å². The Hall–Kier alpha value is -6.18. The van der Waals surface area contributed by atoms with Crippen LogP contribution in [0.5, 0.6) is 5.75 Å². The Balaban J connectivity index is 0.767. The number of rotatable bonds is 14. The second-order valence-electron chi connectivity index (χ2n) is 19.4. The number of aromatic nitrogens is 2. The van der Waals surface area contributed by atoms with E-state index in [0.29, 0.717) is 56.3 Å². The zero-order valence-electron chi connectivity index (χ0n) is 39.1. The summed E-state index contributed by atoms with van der Waals surface area (Å²) in [7, 11) is -3.60. The number of aryl methyl sites for hydroxylation is 1. The number of nitrogens with one attached hydrogen (secondary N) is 3. The Morgan fingerprint density at radius 2 is 1.64 bits per heavy atom. The molecule has 5 aliphatic heterocycles. The average molecular weight is 985 g/mol. The molecule has 5 aliphatic rings. The molecule has 6 heterocycles. The maximum atomic E-state index is 15.4. The zero-order chi connectivity index (χ0) is 49.1. The predicted molar refractivity (Wildman–Crippen MR) is 257 cm³/mol. The summed E-state index contributed by atoms with van der Waals surface area (Å²) >= 11 is 6.51. The standard InChI is InChI=1S/C49H55ClFN9O8S/c1-27(2)68-40-21-31(29(5)18-37(40)54-48-52-22-34(50)44(56-48)53-36-8-6-7-9-41(36)69(66,67)28(3)4)30-12-15-57(16-13-30)17-14-43(62)59-25-49(26-59)23-58(24-49)39-20-33-32(19-35(39)51)46(64)60(47(33)65)38-10-11-42(61)55-45(38)63/h6-9,18-22,27-28,30,38H,10-17,23-26H2,1-5H3,(H,55,61,63)(H2,52,53,54,56). The lowest BCUT2D eigenvalue weighted by atomic mass is 9.72. The molecule has 3 aromatic carbocycles. The molecule has 4 saturated heterocycles. The molecule has 0 aliphatic carbocycles. The van der Waals surface area contributed by atoms with Crippen LogP contribution in [0.25, 0.3) is 0 Å². The fourth-order valence-electron chi connectivity index (χ4n) is 10.1. The van der Waals surface area contributed by atoms with Gasteiger partial charge >= 0.3 is 0 Å². The Bertz CT molecular complexity index is 2880. The molecular weight excluding hydrogens is 929 g/mol. The van der Waals surface area contributed by atoms with Crippen LogP contribution in [0.3, 0.4) is 0 Å². The molecule has 0 saturated carbocycles. The van der Waals surface area contributed by atoms with Gasteiger partial charge in [-0.3, -0.25) is 34.2 Å². The third kappa shape index (κ3) is 9.35. The Morgan fingerprint density at radius 1 is 0.942 bits per heavy atom. The lowest BCUT2D eigenvalue weighted by Gasteiger charge is -2.61. The van der Waals surface area contributed by atoms with Crippen LogP contribution in [0.2, 0.25) is 5.02 Å². The molecule has 1 unspecified atom stereocenters. The monoisotopic (exact) mass is 983 g/mol. The van der Waals surface area contributed by atoms with E-state index in [1.54, 1.807) is 38.1 Å². The first-order valence-electron chi connectivity index (χ1n) is 23.3. The minimum atomic E-state index is -3.60. The Labute approximate surface area is 405 Å². The van der Waals surface area contributed by atoms with Gasteiger partial charge in [0.1, 0.15) is 22.6 Å². The van der Waals surface area contributed by atoms with Crippen LogP contribution >= 0.6 is 11.6 Å². The molecule has 1 atom stereocenters. The van der Waals surface area contributed by atoms with E-state index in [1.807, 2.05) is 29.7 Å². The average Bonchev–Trinajstić information content (AvgIpc) is 3.51. The number of sulfone groups is 1. The van der Waals surface area contributed by atoms with E-state index >= 15 is 4.39 Å². The number of benzene rings is 3. The second-order valence-corrected chi connectivity index (χ2v) is 22.2. The number of nitrogens with zero attached hydrogens (tertiary/aromatic N) is 6. The minimum absolute atomic E-state index is 0.00732. The third-order valence-electron chi connectivity index (χ3n) is 13.8. The van der Waals surface area contributed by atoms with Gasteiger partial charge in [0.15, 0.2) is 15.7 Å². The summed E-state index contributed by atoms with van der Waals surface area (Å²) in [5, 5.41) is 8.16. The van der Waals surface area contributed by atoms with Gasteiger partial charge in [-0.05, 0) is 120 Å². The van der Waals surface area contributed by atoms with Gasteiger partial charge in [0.2, 0.25) is 23.7 Å². The highest BCUT2D eigenvalue weighted by atomic mass is 35.5. The number of amides is 5. The van der Waals surface area contributed by atoms with Gasteiger partial charge in [-0.15, -0.1) is 0 Å². The van der Waals surface area contributed by atoms with Crippen LogP contribution < -0.4 is 25.6 Å². The van der Waals surface area contributed by atoms with Crippen molar-refractivity contribution in [2.45, 2.75) is 94.9 Å². The number of hydrogen-bond acceptors (Lipinski definition) is 14. The van der Waals surface area contributed by atoms with Gasteiger partial charge < -0.3 is 30.1 Å². The normalized spacial score (nSPS) is 19.5. The molecule has 0 bridgehead atoms. The molecule has 5 amide bonds. The lowest BCUT2D eigenvalue weighted by Crippen LogP contribution is -2.73. The number of piperidine rings is 2. The number of hydrogen-bond donors (Lipinski definition) is 3. The maximum absolute atomic E-state index is 15.4. The number of para-hydroxylation sites is 1. The molecule has 0 radical (unpaired) electrons. The highest BCUT2D eigenvalue weighted by Crippen LogP contribution is 2.45. The first kappa shape index (κ1) is 47.9. The zero-order valence-corrected chi connectivity index (χ0v) is 40.7. The fraction of sp³-hybridized carbons (Fsp3) is 0.449. The second kappa shape index (κ2) is 18.6. The summed E-state index contributed by atoms with van der Waals surface area (Å²) in [6.45, 7) is 13.7. The van der Waals surface area contributed by atoms with Crippen LogP contribution in [-0.2, 0) is 24.2 Å². The summed E-state index contributed by atoms with van der Waals surface area (Å²) in [6, 6.07) is 12.0. The molecular formula is C49H55ClFN9O8S. The van der Waals surface area contributed by atoms with E-state index < -0.39 is 50.6 Å². The number of imide groups is 2. The van der Waals surface area contributed by atoms with Crippen LogP contribution in [0.4, 0.5) is 33.2 Å². The molecule has 1 aromatic heterocycles. The van der Waals surface area contributed by atoms with Gasteiger partial charge in [-0.1, -0.05) is 23.7 Å². The van der Waals surface area contributed by atoms with Gasteiger partial charge in [-0.2, -0.15) is 4.98 Å². The van der Waals surface area contributed by atoms with E-state index in [0.717, 1.165) is 42.5 Å². The van der Waals surface area contributed by atoms with Crippen molar-refractivity contribution in [3.05, 3.63) is 87.8 Å². The molecule has 20 heteroatoms. The van der Waals surface area contributed by atoms with Gasteiger partial charge in [0, 0.05) is 51.0 Å². The van der Waals surface area contributed by atoms with E-state index in [2.05, 4.69) is 43.8 Å². The molecule has 4 aromatic rings. The largest absolute Gasteiger partial charge is 0.489 e. The predicted octanol–water partition coefficient (Wildman–Crippen LogP) is 6.35. The molecule has 1 spiro atoms. The number of fused-ring (bicyclic) bond motifs is 1. The third-order valence-corrected chi connectivity index (χ3v) is 16.3. The Kier molecular flexibility index (Phi) is 12.9. The van der Waals surface area contributed by atoms with Gasteiger partial charge in [0.05, 0.1) is 50.6 Å². The van der Waals surface area contributed by atoms with Crippen molar-refractivity contribution in [2.75, 3.05) is 61.3 Å². The highest BCUT2D eigenvalue weighted by molar-refractivity contribution is 7.92. The number of carbonyl (C=O) groups is 5. The lowest BCUT2D eigenvalue weighted by molar-refractivity contribution is -0.145. The van der Waals surface area contributed by atoms with Crippen molar-refractivity contribution in [3.8, 4) is 5.75 Å². The van der Waals surface area contributed by atoms with Crippen LogP contribution in [0.15, 0.2) is 59.6 Å². The summed E-state index contributed by atoms with van der Waals surface area (Å²) in [4.78, 5) is 79.9. The Morgan fingerprint density at radius 3 is 2.32 bits per heavy atom. The molecule has 9 rings (SSSR count). The van der Waals surface area contributed by atoms with Crippen molar-refractivity contribution in [3.63, 3.8) is 0 Å². The van der Waals surface area contributed by atoms with E-state index in [9.17, 15) is 32.4 Å². The van der Waals surface area contributed by atoms with Crippen molar-refractivity contribution < 1.29 is 41.5 Å². The van der Waals surface area contributed by atoms with Crippen molar-refractivity contribution in [2.24, 2.45) is 5.41 Å². The first-order valence-corrected chi connectivity index (χ1v) is 25.2. The smallest absolute Gasteiger partial charge is 0.262 e. The molecule has 17 nitrogen and oxygen atoms in total. The van der Waals surface area contributed by atoms with E-state index in [-0.39, 0.29) is 74.7 Å². The quantitative estimate of drug-likeness (QED) is 0.118. The minimum Gasteiger partial charge on any atom is -0.489 e. The van der Waals surface area contributed by atoms with E-state index in [4.69, 9.17) is 16.3 Å². The summed E-state index contributed by atoms with van der Waals surface area (Å²) in [5.74, 6) is -1.80. The van der Waals surface area contributed by atoms with Gasteiger partial charge in [-0.25, -0.2) is 17.8 Å². The van der Waals surface area contributed by atoms with Crippen LogP contribution in [0.1, 0.15) is 97.6 Å². The number of halogens is 2. The molecule has 364 valence electrons. The van der Waals surface area contributed by atoms with Crippen molar-refractivity contribution in [1.82, 2.24) is 30.0 Å².